The van der Waals surface area contributed by atoms with Gasteiger partial charge in [-0.1, -0.05) is 103 Å². The Morgan fingerprint density at radius 1 is 0.327 bits per heavy atom. The lowest BCUT2D eigenvalue weighted by atomic mass is 9.97. The maximum absolute atomic E-state index is 10.6. The first kappa shape index (κ1) is 30.7. The Labute approximate surface area is 316 Å². The Morgan fingerprint density at radius 3 is 1.49 bits per heavy atom. The van der Waals surface area contributed by atoms with Gasteiger partial charge in [0.2, 0.25) is 0 Å². The maximum Gasteiger partial charge on any atom is 0.101 e. The fourth-order valence-electron chi connectivity index (χ4n) is 8.83. The van der Waals surface area contributed by atoms with Gasteiger partial charge < -0.3 is 13.7 Å². The number of para-hydroxylation sites is 6. The van der Waals surface area contributed by atoms with E-state index in [-0.39, 0.29) is 0 Å². The van der Waals surface area contributed by atoms with Crippen LogP contribution in [0.3, 0.4) is 0 Å². The second-order valence-electron chi connectivity index (χ2n) is 13.9. The van der Waals surface area contributed by atoms with E-state index < -0.39 is 0 Å². The van der Waals surface area contributed by atoms with Gasteiger partial charge in [0.25, 0.3) is 0 Å². The smallest absolute Gasteiger partial charge is 0.101 e. The minimum Gasteiger partial charge on any atom is -0.309 e. The Hall–Kier alpha value is -7.86. The number of aromatic nitrogens is 3. The van der Waals surface area contributed by atoms with Gasteiger partial charge in [0, 0.05) is 54.8 Å². The summed E-state index contributed by atoms with van der Waals surface area (Å²) in [7, 11) is 0. The van der Waals surface area contributed by atoms with Crippen LogP contribution in [0.25, 0.3) is 93.6 Å². The fourth-order valence-corrected chi connectivity index (χ4v) is 8.83. The molecule has 0 aliphatic carbocycles. The first-order valence-electron chi connectivity index (χ1n) is 18.3. The summed E-state index contributed by atoms with van der Waals surface area (Å²) in [6.45, 7) is 0. The van der Waals surface area contributed by atoms with Gasteiger partial charge >= 0.3 is 0 Å². The van der Waals surface area contributed by atoms with Gasteiger partial charge in [0.1, 0.15) is 6.07 Å². The fraction of sp³-hybridized carbons (Fsp3) is 0. The second-order valence-corrected chi connectivity index (χ2v) is 13.9. The molecule has 11 rings (SSSR count). The van der Waals surface area contributed by atoms with Crippen molar-refractivity contribution in [2.45, 2.75) is 0 Å². The van der Waals surface area contributed by atoms with Crippen molar-refractivity contribution in [1.82, 2.24) is 13.7 Å². The van der Waals surface area contributed by atoms with Crippen molar-refractivity contribution in [3.05, 3.63) is 187 Å². The van der Waals surface area contributed by atoms with E-state index in [1.165, 1.54) is 21.8 Å². The van der Waals surface area contributed by atoms with Crippen LogP contribution in [0.2, 0.25) is 0 Å². The molecule has 0 amide bonds. The summed E-state index contributed by atoms with van der Waals surface area (Å²) in [5, 5.41) is 27.6. The van der Waals surface area contributed by atoms with E-state index in [9.17, 15) is 10.5 Å². The van der Waals surface area contributed by atoms with Gasteiger partial charge in [0.15, 0.2) is 0 Å². The van der Waals surface area contributed by atoms with Crippen molar-refractivity contribution in [1.29, 1.82) is 10.5 Å². The molecule has 254 valence electrons. The van der Waals surface area contributed by atoms with Gasteiger partial charge in [-0.25, -0.2) is 0 Å². The molecular weight excluding hydrogens is 671 g/mol. The summed E-state index contributed by atoms with van der Waals surface area (Å²) in [4.78, 5) is 0. The standard InChI is InChI=1S/C50H29N5/c51-30-32-24-25-35(54-46-21-8-3-15-38(46)41-18-11-12-33(31-52)50(41)54)28-42(32)39-16-4-9-22-47(39)55-48-23-10-5-17-40(48)43-29-34(26-27-49(43)55)53-44-19-6-1-13-36(44)37-14-2-7-20-45(37)53/h1-29H. The van der Waals surface area contributed by atoms with E-state index >= 15 is 0 Å². The Morgan fingerprint density at radius 2 is 0.818 bits per heavy atom. The van der Waals surface area contributed by atoms with Crippen molar-refractivity contribution in [3.63, 3.8) is 0 Å². The monoisotopic (exact) mass is 699 g/mol. The molecular formula is C50H29N5. The van der Waals surface area contributed by atoms with Crippen LogP contribution < -0.4 is 0 Å². The lowest BCUT2D eigenvalue weighted by Crippen LogP contribution is -2.01. The molecule has 0 N–H and O–H groups in total. The van der Waals surface area contributed by atoms with Crippen LogP contribution in [0.4, 0.5) is 0 Å². The van der Waals surface area contributed by atoms with Crippen LogP contribution in [0.1, 0.15) is 11.1 Å². The molecule has 0 unspecified atom stereocenters. The molecule has 0 saturated carbocycles. The van der Waals surface area contributed by atoms with E-state index in [0.717, 1.165) is 71.8 Å². The van der Waals surface area contributed by atoms with Crippen molar-refractivity contribution >= 4 is 65.4 Å². The Bertz CT molecular complexity index is 3420. The van der Waals surface area contributed by atoms with Gasteiger partial charge in [-0.15, -0.1) is 0 Å². The minimum atomic E-state index is 0.576. The third-order valence-corrected chi connectivity index (χ3v) is 11.1. The van der Waals surface area contributed by atoms with Crippen molar-refractivity contribution in [2.75, 3.05) is 0 Å². The summed E-state index contributed by atoms with van der Waals surface area (Å²) in [5.41, 5.74) is 12.3. The van der Waals surface area contributed by atoms with Crippen LogP contribution >= 0.6 is 0 Å². The predicted octanol–water partition coefficient (Wildman–Crippen LogP) is 12.4. The molecule has 0 aliphatic heterocycles. The van der Waals surface area contributed by atoms with Crippen LogP contribution in [0.15, 0.2) is 176 Å². The molecule has 8 aromatic carbocycles. The molecule has 3 aromatic heterocycles. The number of fused-ring (bicyclic) bond motifs is 9. The van der Waals surface area contributed by atoms with Crippen molar-refractivity contribution in [3.8, 4) is 40.3 Å². The highest BCUT2D eigenvalue weighted by Gasteiger charge is 2.21. The summed E-state index contributed by atoms with van der Waals surface area (Å²) >= 11 is 0. The molecule has 0 aliphatic rings. The molecule has 55 heavy (non-hydrogen) atoms. The molecule has 11 aromatic rings. The van der Waals surface area contributed by atoms with E-state index in [0.29, 0.717) is 11.1 Å². The van der Waals surface area contributed by atoms with Crippen LogP contribution in [0, 0.1) is 22.7 Å². The van der Waals surface area contributed by atoms with Crippen LogP contribution in [0.5, 0.6) is 0 Å². The van der Waals surface area contributed by atoms with Gasteiger partial charge in [-0.05, 0) is 72.8 Å². The van der Waals surface area contributed by atoms with Crippen LogP contribution in [-0.4, -0.2) is 13.7 Å². The Kier molecular flexibility index (Phi) is 6.61. The van der Waals surface area contributed by atoms with E-state index in [1.807, 2.05) is 42.5 Å². The highest BCUT2D eigenvalue weighted by Crippen LogP contribution is 2.41. The molecule has 0 saturated heterocycles. The number of nitriles is 2. The second kappa shape index (κ2) is 11.8. The number of benzene rings is 8. The average Bonchev–Trinajstić information content (AvgIpc) is 3.89. The maximum atomic E-state index is 10.6. The Balaban J connectivity index is 1.16. The zero-order chi connectivity index (χ0) is 36.6. The number of nitrogens with zero attached hydrogens (tertiary/aromatic N) is 5. The van der Waals surface area contributed by atoms with Crippen LogP contribution in [-0.2, 0) is 0 Å². The quantitative estimate of drug-likeness (QED) is 0.184. The highest BCUT2D eigenvalue weighted by molar-refractivity contribution is 6.13. The predicted molar refractivity (Wildman–Crippen MR) is 224 cm³/mol. The summed E-state index contributed by atoms with van der Waals surface area (Å²) in [5.74, 6) is 0. The normalized spacial score (nSPS) is 11.6. The molecule has 0 radical (unpaired) electrons. The minimum absolute atomic E-state index is 0.576. The number of rotatable bonds is 4. The first-order chi connectivity index (χ1) is 27.2. The highest BCUT2D eigenvalue weighted by atomic mass is 15.0. The molecule has 0 bridgehead atoms. The molecule has 5 heteroatoms. The lowest BCUT2D eigenvalue weighted by Gasteiger charge is -2.17. The summed E-state index contributed by atoms with van der Waals surface area (Å²) in [6, 6.07) is 65.9. The van der Waals surface area contributed by atoms with E-state index in [2.05, 4.69) is 159 Å². The average molecular weight is 700 g/mol. The van der Waals surface area contributed by atoms with Crippen molar-refractivity contribution < 1.29 is 0 Å². The molecule has 0 atom stereocenters. The first-order valence-corrected chi connectivity index (χ1v) is 18.3. The van der Waals surface area contributed by atoms with Gasteiger partial charge in [0.05, 0.1) is 56.0 Å². The molecule has 5 nitrogen and oxygen atoms in total. The third-order valence-electron chi connectivity index (χ3n) is 11.1. The number of hydrogen-bond donors (Lipinski definition) is 0. The largest absolute Gasteiger partial charge is 0.309 e. The molecule has 0 fully saturated rings. The SMILES string of the molecule is N#Cc1ccc(-n2c3ccccc3c3cccc(C#N)c32)cc1-c1ccccc1-n1c2ccccc2c2cc(-n3c4ccccc4c4ccccc43)ccc21. The summed E-state index contributed by atoms with van der Waals surface area (Å²) in [6.07, 6.45) is 0. The van der Waals surface area contributed by atoms with Gasteiger partial charge in [-0.3, -0.25) is 0 Å². The van der Waals surface area contributed by atoms with Crippen molar-refractivity contribution in [2.24, 2.45) is 0 Å². The number of hydrogen-bond acceptors (Lipinski definition) is 2. The van der Waals surface area contributed by atoms with E-state index in [4.69, 9.17) is 0 Å². The lowest BCUT2D eigenvalue weighted by molar-refractivity contribution is 1.16. The summed E-state index contributed by atoms with van der Waals surface area (Å²) < 4.78 is 6.85. The zero-order valence-corrected chi connectivity index (χ0v) is 29.5. The molecule has 0 spiro atoms. The topological polar surface area (TPSA) is 62.4 Å². The van der Waals surface area contributed by atoms with Gasteiger partial charge in [-0.2, -0.15) is 10.5 Å². The molecule has 3 heterocycles. The zero-order valence-electron chi connectivity index (χ0n) is 29.5. The van der Waals surface area contributed by atoms with E-state index in [1.54, 1.807) is 0 Å². The third kappa shape index (κ3) is 4.39.